The summed E-state index contributed by atoms with van der Waals surface area (Å²) >= 11 is 6.40. The van der Waals surface area contributed by atoms with Crippen molar-refractivity contribution in [3.63, 3.8) is 0 Å². The summed E-state index contributed by atoms with van der Waals surface area (Å²) in [6.45, 7) is 1.84. The summed E-state index contributed by atoms with van der Waals surface area (Å²) in [4.78, 5) is 22.5. The fraction of sp³-hybridized carbons (Fsp3) is 0.120. The van der Waals surface area contributed by atoms with Crippen LogP contribution in [0.3, 0.4) is 0 Å². The van der Waals surface area contributed by atoms with Crippen molar-refractivity contribution in [2.24, 2.45) is 0 Å². The molecule has 0 radical (unpaired) electrons. The maximum absolute atomic E-state index is 13.6. The van der Waals surface area contributed by atoms with Crippen molar-refractivity contribution in [2.45, 2.75) is 13.0 Å². The second kappa shape index (κ2) is 8.99. The molecule has 0 unspecified atom stereocenters. The first-order valence-electron chi connectivity index (χ1n) is 10.6. The highest BCUT2D eigenvalue weighted by Crippen LogP contribution is 2.37. The number of carbonyl (C=O) groups is 1. The number of fused-ring (bicyclic) bond motifs is 1. The number of pyridine rings is 1. The number of allylic oxidation sites excluding steroid dienone is 1. The van der Waals surface area contributed by atoms with Crippen LogP contribution >= 0.6 is 11.6 Å². The Balaban J connectivity index is 1.60. The van der Waals surface area contributed by atoms with Crippen LogP contribution in [0, 0.1) is 0 Å². The lowest BCUT2D eigenvalue weighted by Crippen LogP contribution is -2.31. The van der Waals surface area contributed by atoms with Crippen LogP contribution < -0.4 is 15.4 Å². The second-order valence-corrected chi connectivity index (χ2v) is 8.10. The number of methoxy groups -OCH3 is 1. The van der Waals surface area contributed by atoms with E-state index >= 15 is 0 Å². The smallest absolute Gasteiger partial charge is 0.255 e. The van der Waals surface area contributed by atoms with Gasteiger partial charge in [-0.25, -0.2) is 4.68 Å². The van der Waals surface area contributed by atoms with Crippen LogP contribution in [0.15, 0.2) is 84.3 Å². The summed E-state index contributed by atoms with van der Waals surface area (Å²) in [6.07, 6.45) is 3.41. The molecule has 170 valence electrons. The number of amides is 1. The number of rotatable bonds is 5. The zero-order chi connectivity index (χ0) is 23.7. The Hall–Kier alpha value is -4.17. The number of hydrogen-bond donors (Lipinski definition) is 2. The van der Waals surface area contributed by atoms with Crippen molar-refractivity contribution in [2.75, 3.05) is 17.7 Å². The molecule has 0 saturated carbocycles. The molecule has 0 bridgehead atoms. The van der Waals surface area contributed by atoms with Gasteiger partial charge in [-0.3, -0.25) is 9.78 Å². The van der Waals surface area contributed by atoms with Gasteiger partial charge >= 0.3 is 0 Å². The number of carbonyl (C=O) groups excluding carboxylic acids is 1. The van der Waals surface area contributed by atoms with Crippen LogP contribution in [0.4, 0.5) is 11.6 Å². The number of anilines is 2. The molecule has 0 aliphatic carbocycles. The Bertz CT molecular complexity index is 1400. The van der Waals surface area contributed by atoms with Gasteiger partial charge in [0.2, 0.25) is 5.95 Å². The first kappa shape index (κ1) is 21.7. The van der Waals surface area contributed by atoms with Crippen molar-refractivity contribution < 1.29 is 9.53 Å². The minimum atomic E-state index is -0.552. The van der Waals surface area contributed by atoms with Crippen molar-refractivity contribution in [1.29, 1.82) is 0 Å². The van der Waals surface area contributed by atoms with Crippen molar-refractivity contribution in [3.8, 4) is 17.1 Å². The highest BCUT2D eigenvalue weighted by atomic mass is 35.5. The average Bonchev–Trinajstić information content (AvgIpc) is 3.27. The van der Waals surface area contributed by atoms with E-state index in [0.717, 1.165) is 5.56 Å². The normalized spacial score (nSPS) is 14.9. The standard InChI is InChI=1S/C25H21ClN6O2/c1-15-21(24(33)29-19-11-5-6-12-20(19)34-2)22(16-8-7-13-27-14-16)32-25(28-15)30-23(31-32)17-9-3-4-10-18(17)26/h3-14,22H,1-2H3,(H,29,33)(H,28,30,31)/t22-/m1/s1. The quantitative estimate of drug-likeness (QED) is 0.427. The molecule has 0 spiro atoms. The van der Waals surface area contributed by atoms with Gasteiger partial charge in [0.1, 0.15) is 11.8 Å². The summed E-state index contributed by atoms with van der Waals surface area (Å²) in [7, 11) is 1.56. The SMILES string of the molecule is COc1ccccc1NC(=O)C1=C(C)Nc2nc(-c3ccccc3Cl)nn2[C@@H]1c1cccnc1. The Morgan fingerprint density at radius 2 is 1.91 bits per heavy atom. The Labute approximate surface area is 201 Å². The maximum Gasteiger partial charge on any atom is 0.255 e. The van der Waals surface area contributed by atoms with E-state index in [1.165, 1.54) is 0 Å². The number of halogens is 1. The van der Waals surface area contributed by atoms with Gasteiger partial charge in [-0.2, -0.15) is 4.98 Å². The molecule has 1 amide bonds. The average molecular weight is 473 g/mol. The van der Waals surface area contributed by atoms with Crippen molar-refractivity contribution in [1.82, 2.24) is 19.7 Å². The molecular weight excluding hydrogens is 452 g/mol. The molecule has 5 rings (SSSR count). The van der Waals surface area contributed by atoms with Gasteiger partial charge in [-0.1, -0.05) is 41.9 Å². The molecule has 8 nitrogen and oxygen atoms in total. The lowest BCUT2D eigenvalue weighted by atomic mass is 9.96. The van der Waals surface area contributed by atoms with Gasteiger partial charge in [0.25, 0.3) is 5.91 Å². The highest BCUT2D eigenvalue weighted by Gasteiger charge is 2.35. The minimum absolute atomic E-state index is 0.288. The van der Waals surface area contributed by atoms with Crippen LogP contribution in [-0.4, -0.2) is 32.8 Å². The van der Waals surface area contributed by atoms with Gasteiger partial charge in [0.15, 0.2) is 5.82 Å². The second-order valence-electron chi connectivity index (χ2n) is 7.69. The molecule has 3 heterocycles. The van der Waals surface area contributed by atoms with Gasteiger partial charge in [0, 0.05) is 23.7 Å². The molecule has 9 heteroatoms. The number of benzene rings is 2. The molecule has 4 aromatic rings. The van der Waals surface area contributed by atoms with Gasteiger partial charge in [0.05, 0.1) is 23.4 Å². The number of ether oxygens (including phenoxy) is 1. The van der Waals surface area contributed by atoms with E-state index in [-0.39, 0.29) is 5.91 Å². The molecular formula is C25H21ClN6O2. The highest BCUT2D eigenvalue weighted by molar-refractivity contribution is 6.33. The monoisotopic (exact) mass is 472 g/mol. The minimum Gasteiger partial charge on any atom is -0.495 e. The van der Waals surface area contributed by atoms with Crippen molar-refractivity contribution in [3.05, 3.63) is 94.9 Å². The molecule has 1 aliphatic heterocycles. The molecule has 0 saturated heterocycles. The number of nitrogens with zero attached hydrogens (tertiary/aromatic N) is 4. The van der Waals surface area contributed by atoms with E-state index in [2.05, 4.69) is 20.6 Å². The Morgan fingerprint density at radius 3 is 2.68 bits per heavy atom. The summed E-state index contributed by atoms with van der Waals surface area (Å²) in [5.41, 5.74) is 3.22. The number of para-hydroxylation sites is 2. The molecule has 0 fully saturated rings. The third kappa shape index (κ3) is 3.88. The summed E-state index contributed by atoms with van der Waals surface area (Å²) in [6, 6.07) is 17.8. The van der Waals surface area contributed by atoms with Crippen LogP contribution in [0.25, 0.3) is 11.4 Å². The Kier molecular flexibility index (Phi) is 5.73. The zero-order valence-corrected chi connectivity index (χ0v) is 19.2. The lowest BCUT2D eigenvalue weighted by Gasteiger charge is -2.28. The number of nitrogens with one attached hydrogen (secondary N) is 2. The summed E-state index contributed by atoms with van der Waals surface area (Å²) < 4.78 is 7.09. The van der Waals surface area contributed by atoms with E-state index in [0.29, 0.717) is 45.1 Å². The predicted octanol–water partition coefficient (Wildman–Crippen LogP) is 4.93. The number of hydrogen-bond acceptors (Lipinski definition) is 6. The Morgan fingerprint density at radius 1 is 1.12 bits per heavy atom. The van der Waals surface area contributed by atoms with Crippen LogP contribution in [-0.2, 0) is 4.79 Å². The number of aromatic nitrogens is 4. The van der Waals surface area contributed by atoms with E-state index in [9.17, 15) is 4.79 Å². The van der Waals surface area contributed by atoms with Gasteiger partial charge in [-0.15, -0.1) is 5.10 Å². The first-order valence-corrected chi connectivity index (χ1v) is 11.0. The van der Waals surface area contributed by atoms with Crippen LogP contribution in [0.2, 0.25) is 5.02 Å². The van der Waals surface area contributed by atoms with Crippen LogP contribution in [0.5, 0.6) is 5.75 Å². The molecule has 2 aromatic heterocycles. The molecule has 34 heavy (non-hydrogen) atoms. The molecule has 2 N–H and O–H groups in total. The third-order valence-electron chi connectivity index (χ3n) is 5.57. The van der Waals surface area contributed by atoms with E-state index in [1.54, 1.807) is 42.4 Å². The summed E-state index contributed by atoms with van der Waals surface area (Å²) in [5, 5.41) is 11.5. The molecule has 1 aliphatic rings. The predicted molar refractivity (Wildman–Crippen MR) is 131 cm³/mol. The topological polar surface area (TPSA) is 94.0 Å². The fourth-order valence-electron chi connectivity index (χ4n) is 3.99. The largest absolute Gasteiger partial charge is 0.495 e. The van der Waals surface area contributed by atoms with E-state index in [1.807, 2.05) is 49.4 Å². The molecule has 1 atom stereocenters. The van der Waals surface area contributed by atoms with Gasteiger partial charge < -0.3 is 15.4 Å². The summed E-state index contributed by atoms with van der Waals surface area (Å²) in [5.74, 6) is 1.25. The molecule has 2 aromatic carbocycles. The zero-order valence-electron chi connectivity index (χ0n) is 18.5. The van der Waals surface area contributed by atoms with E-state index < -0.39 is 6.04 Å². The van der Waals surface area contributed by atoms with Gasteiger partial charge in [-0.05, 0) is 42.8 Å². The lowest BCUT2D eigenvalue weighted by molar-refractivity contribution is -0.113. The maximum atomic E-state index is 13.6. The fourth-order valence-corrected chi connectivity index (χ4v) is 4.21. The van der Waals surface area contributed by atoms with Crippen molar-refractivity contribution >= 4 is 29.1 Å². The third-order valence-corrected chi connectivity index (χ3v) is 5.90. The first-order chi connectivity index (χ1) is 16.6. The van der Waals surface area contributed by atoms with E-state index in [4.69, 9.17) is 21.4 Å². The van der Waals surface area contributed by atoms with Crippen LogP contribution in [0.1, 0.15) is 18.5 Å².